The van der Waals surface area contributed by atoms with Crippen molar-refractivity contribution in [2.24, 2.45) is 0 Å². The summed E-state index contributed by atoms with van der Waals surface area (Å²) in [6.45, 7) is 5.56. The molecule has 7 nitrogen and oxygen atoms in total. The van der Waals surface area contributed by atoms with Crippen molar-refractivity contribution in [2.75, 3.05) is 25.2 Å². The van der Waals surface area contributed by atoms with E-state index in [1.807, 2.05) is 13.8 Å². The quantitative estimate of drug-likeness (QED) is 0.810. The number of carbonyl (C=O) groups excluding carboxylic acids is 2. The van der Waals surface area contributed by atoms with Crippen molar-refractivity contribution in [3.8, 4) is 11.5 Å². The van der Waals surface area contributed by atoms with E-state index in [2.05, 4.69) is 10.3 Å². The first-order valence-electron chi connectivity index (χ1n) is 9.09. The molecular formula is C20H23N3O4. The lowest BCUT2D eigenvalue weighted by molar-refractivity contribution is 0.0749. The second kappa shape index (κ2) is 8.53. The van der Waals surface area contributed by atoms with Gasteiger partial charge in [0.05, 0.1) is 0 Å². The van der Waals surface area contributed by atoms with Crippen LogP contribution in [-0.2, 0) is 0 Å². The standard InChI is InChI=1S/C20H23N3O4/c1-3-10-23(11-4-2)20(25)16-7-5-6-15(22-16)19(24)21-14-8-9-17-18(12-14)27-13-26-17/h5-9,12H,3-4,10-11,13H2,1-2H3,(H,21,24). The highest BCUT2D eigenvalue weighted by molar-refractivity contribution is 6.04. The van der Waals surface area contributed by atoms with E-state index in [9.17, 15) is 9.59 Å². The highest BCUT2D eigenvalue weighted by Crippen LogP contribution is 2.34. The minimum absolute atomic E-state index is 0.156. The summed E-state index contributed by atoms with van der Waals surface area (Å²) in [7, 11) is 0. The second-order valence-electron chi connectivity index (χ2n) is 6.22. The molecule has 0 spiro atoms. The minimum atomic E-state index is -0.388. The van der Waals surface area contributed by atoms with Crippen LogP contribution in [0.3, 0.4) is 0 Å². The Hall–Kier alpha value is -3.09. The van der Waals surface area contributed by atoms with Crippen molar-refractivity contribution in [3.05, 3.63) is 47.8 Å². The van der Waals surface area contributed by atoms with Crippen molar-refractivity contribution < 1.29 is 19.1 Å². The Morgan fingerprint density at radius 3 is 2.48 bits per heavy atom. The number of aromatic nitrogens is 1. The van der Waals surface area contributed by atoms with Gasteiger partial charge in [-0.05, 0) is 37.1 Å². The molecule has 0 radical (unpaired) electrons. The Balaban J connectivity index is 1.74. The Bertz CT molecular complexity index is 832. The van der Waals surface area contributed by atoms with Gasteiger partial charge in [-0.1, -0.05) is 19.9 Å². The van der Waals surface area contributed by atoms with Crippen LogP contribution >= 0.6 is 0 Å². The summed E-state index contributed by atoms with van der Waals surface area (Å²) in [5, 5.41) is 2.77. The van der Waals surface area contributed by atoms with Gasteiger partial charge in [0.2, 0.25) is 6.79 Å². The molecule has 0 atom stereocenters. The van der Waals surface area contributed by atoms with Crippen molar-refractivity contribution >= 4 is 17.5 Å². The van der Waals surface area contributed by atoms with Crippen molar-refractivity contribution in [2.45, 2.75) is 26.7 Å². The lowest BCUT2D eigenvalue weighted by atomic mass is 10.2. The van der Waals surface area contributed by atoms with Crippen LogP contribution in [0.25, 0.3) is 0 Å². The lowest BCUT2D eigenvalue weighted by Gasteiger charge is -2.21. The van der Waals surface area contributed by atoms with Gasteiger partial charge in [-0.2, -0.15) is 0 Å². The fraction of sp³-hybridized carbons (Fsp3) is 0.350. The normalized spacial score (nSPS) is 11.9. The van der Waals surface area contributed by atoms with E-state index >= 15 is 0 Å². The van der Waals surface area contributed by atoms with Crippen LogP contribution in [0.5, 0.6) is 11.5 Å². The van der Waals surface area contributed by atoms with Gasteiger partial charge < -0.3 is 19.7 Å². The van der Waals surface area contributed by atoms with E-state index in [0.717, 1.165) is 12.8 Å². The number of pyridine rings is 1. The molecule has 2 aromatic rings. The molecule has 3 rings (SSSR count). The molecule has 1 aliphatic rings. The zero-order chi connectivity index (χ0) is 19.2. The van der Waals surface area contributed by atoms with Gasteiger partial charge >= 0.3 is 0 Å². The predicted molar refractivity (Wildman–Crippen MR) is 101 cm³/mol. The number of benzene rings is 1. The maximum absolute atomic E-state index is 12.7. The summed E-state index contributed by atoms with van der Waals surface area (Å²) in [5.74, 6) is 0.683. The number of carbonyl (C=O) groups is 2. The average Bonchev–Trinajstić information content (AvgIpc) is 3.15. The molecule has 1 aliphatic heterocycles. The van der Waals surface area contributed by atoms with E-state index < -0.39 is 0 Å². The first-order chi connectivity index (χ1) is 13.1. The van der Waals surface area contributed by atoms with Gasteiger partial charge in [-0.3, -0.25) is 9.59 Å². The molecule has 2 amide bonds. The Morgan fingerprint density at radius 1 is 1.04 bits per heavy atom. The summed E-state index contributed by atoms with van der Waals surface area (Å²) in [5.41, 5.74) is 1.03. The molecule has 0 fully saturated rings. The predicted octanol–water partition coefficient (Wildman–Crippen LogP) is 3.32. The third-order valence-electron chi connectivity index (χ3n) is 4.11. The highest BCUT2D eigenvalue weighted by atomic mass is 16.7. The third-order valence-corrected chi connectivity index (χ3v) is 4.11. The lowest BCUT2D eigenvalue weighted by Crippen LogP contribution is -2.33. The highest BCUT2D eigenvalue weighted by Gasteiger charge is 2.19. The minimum Gasteiger partial charge on any atom is -0.454 e. The van der Waals surface area contributed by atoms with Crippen LogP contribution in [0.2, 0.25) is 0 Å². The van der Waals surface area contributed by atoms with E-state index in [1.165, 1.54) is 0 Å². The summed E-state index contributed by atoms with van der Waals surface area (Å²) >= 11 is 0. The largest absolute Gasteiger partial charge is 0.454 e. The zero-order valence-electron chi connectivity index (χ0n) is 15.5. The number of ether oxygens (including phenoxy) is 2. The van der Waals surface area contributed by atoms with Gasteiger partial charge in [-0.15, -0.1) is 0 Å². The van der Waals surface area contributed by atoms with Gasteiger partial charge in [0, 0.05) is 24.8 Å². The molecule has 2 heterocycles. The summed E-state index contributed by atoms with van der Waals surface area (Å²) in [6.07, 6.45) is 1.74. The topological polar surface area (TPSA) is 80.8 Å². The molecule has 7 heteroatoms. The van der Waals surface area contributed by atoms with E-state index in [4.69, 9.17) is 9.47 Å². The Labute approximate surface area is 158 Å². The smallest absolute Gasteiger partial charge is 0.274 e. The van der Waals surface area contributed by atoms with Crippen LogP contribution in [0.1, 0.15) is 47.7 Å². The number of fused-ring (bicyclic) bond motifs is 1. The maximum Gasteiger partial charge on any atom is 0.274 e. The van der Waals surface area contributed by atoms with Crippen LogP contribution in [0, 0.1) is 0 Å². The van der Waals surface area contributed by atoms with Gasteiger partial charge in [0.25, 0.3) is 11.8 Å². The molecule has 1 N–H and O–H groups in total. The molecule has 142 valence electrons. The summed E-state index contributed by atoms with van der Waals surface area (Å²) in [6, 6.07) is 10.1. The molecule has 1 aromatic carbocycles. The van der Waals surface area contributed by atoms with Crippen LogP contribution < -0.4 is 14.8 Å². The van der Waals surface area contributed by atoms with Gasteiger partial charge in [0.1, 0.15) is 11.4 Å². The van der Waals surface area contributed by atoms with Crippen LogP contribution in [-0.4, -0.2) is 41.6 Å². The fourth-order valence-corrected chi connectivity index (χ4v) is 2.87. The monoisotopic (exact) mass is 369 g/mol. The molecule has 0 bridgehead atoms. The number of rotatable bonds is 7. The number of amides is 2. The number of nitrogens with zero attached hydrogens (tertiary/aromatic N) is 2. The van der Waals surface area contributed by atoms with E-state index in [0.29, 0.717) is 30.3 Å². The number of nitrogens with one attached hydrogen (secondary N) is 1. The van der Waals surface area contributed by atoms with Crippen molar-refractivity contribution in [3.63, 3.8) is 0 Å². The van der Waals surface area contributed by atoms with Gasteiger partial charge in [-0.25, -0.2) is 4.98 Å². The zero-order valence-corrected chi connectivity index (χ0v) is 15.5. The van der Waals surface area contributed by atoms with Crippen molar-refractivity contribution in [1.29, 1.82) is 0 Å². The first kappa shape index (κ1) is 18.7. The maximum atomic E-state index is 12.7. The molecule has 0 saturated carbocycles. The van der Waals surface area contributed by atoms with E-state index in [1.54, 1.807) is 41.3 Å². The molecule has 1 aromatic heterocycles. The number of hydrogen-bond acceptors (Lipinski definition) is 5. The first-order valence-corrected chi connectivity index (χ1v) is 9.09. The molecule has 0 saturated heterocycles. The molecular weight excluding hydrogens is 346 g/mol. The Morgan fingerprint density at radius 2 is 1.74 bits per heavy atom. The Kier molecular flexibility index (Phi) is 5.90. The van der Waals surface area contributed by atoms with Crippen LogP contribution in [0.4, 0.5) is 5.69 Å². The average molecular weight is 369 g/mol. The summed E-state index contributed by atoms with van der Waals surface area (Å²) in [4.78, 5) is 31.3. The third kappa shape index (κ3) is 4.36. The number of anilines is 1. The van der Waals surface area contributed by atoms with Crippen LogP contribution in [0.15, 0.2) is 36.4 Å². The summed E-state index contributed by atoms with van der Waals surface area (Å²) < 4.78 is 10.6. The SMILES string of the molecule is CCCN(CCC)C(=O)c1cccc(C(=O)Nc2ccc3c(c2)OCO3)n1. The molecule has 0 unspecified atom stereocenters. The van der Waals surface area contributed by atoms with Crippen molar-refractivity contribution in [1.82, 2.24) is 9.88 Å². The fourth-order valence-electron chi connectivity index (χ4n) is 2.87. The van der Waals surface area contributed by atoms with Gasteiger partial charge in [0.15, 0.2) is 11.5 Å². The number of hydrogen-bond donors (Lipinski definition) is 1. The second-order valence-corrected chi connectivity index (χ2v) is 6.22. The van der Waals surface area contributed by atoms with E-state index in [-0.39, 0.29) is 30.0 Å². The molecule has 0 aliphatic carbocycles. The molecule has 27 heavy (non-hydrogen) atoms.